The van der Waals surface area contributed by atoms with Gasteiger partial charge in [0.2, 0.25) is 5.91 Å². The molecule has 0 bridgehead atoms. The minimum atomic E-state index is -0.166. The summed E-state index contributed by atoms with van der Waals surface area (Å²) in [6, 6.07) is 15.5. The molecule has 1 aliphatic rings. The van der Waals surface area contributed by atoms with E-state index in [0.717, 1.165) is 28.3 Å². The highest BCUT2D eigenvalue weighted by atomic mass is 16.6. The number of nitrogens with zero attached hydrogens (tertiary/aromatic N) is 2. The number of carbonyl (C=O) groups excluding carboxylic acids is 1. The molecule has 0 saturated heterocycles. The van der Waals surface area contributed by atoms with Crippen LogP contribution >= 0.6 is 0 Å². The van der Waals surface area contributed by atoms with Crippen molar-refractivity contribution in [3.63, 3.8) is 0 Å². The monoisotopic (exact) mass is 396 g/mol. The fourth-order valence-electron chi connectivity index (χ4n) is 3.31. The van der Waals surface area contributed by atoms with E-state index in [-0.39, 0.29) is 17.9 Å². The highest BCUT2D eigenvalue weighted by molar-refractivity contribution is 6.01. The van der Waals surface area contributed by atoms with Crippen LogP contribution in [0.4, 0.5) is 0 Å². The molecule has 0 radical (unpaired) electrons. The second-order valence-electron chi connectivity index (χ2n) is 7.42. The standard InChI is InChI=1S/C23H28N2O4/c1-16(2)23(26)25(14-17-6-5-7-20(12-17)28-4)15-21-13-22(24-29-21)18-8-10-19(27-3)11-9-18/h5-12,16,21H,13-15H2,1-4H3/t21-/m1/s1. The molecule has 0 unspecified atom stereocenters. The molecule has 29 heavy (non-hydrogen) atoms. The summed E-state index contributed by atoms with van der Waals surface area (Å²) < 4.78 is 10.5. The fourth-order valence-corrected chi connectivity index (χ4v) is 3.31. The quantitative estimate of drug-likeness (QED) is 0.679. The normalized spacial score (nSPS) is 15.6. The van der Waals surface area contributed by atoms with E-state index in [2.05, 4.69) is 5.16 Å². The van der Waals surface area contributed by atoms with Crippen molar-refractivity contribution < 1.29 is 19.1 Å². The van der Waals surface area contributed by atoms with Crippen molar-refractivity contribution in [2.24, 2.45) is 11.1 Å². The fraction of sp³-hybridized carbons (Fsp3) is 0.391. The molecule has 0 aromatic heterocycles. The summed E-state index contributed by atoms with van der Waals surface area (Å²) in [5.41, 5.74) is 2.91. The number of benzene rings is 2. The minimum Gasteiger partial charge on any atom is -0.497 e. The predicted molar refractivity (Wildman–Crippen MR) is 112 cm³/mol. The first kappa shape index (κ1) is 20.7. The summed E-state index contributed by atoms with van der Waals surface area (Å²) in [6.45, 7) is 4.81. The van der Waals surface area contributed by atoms with Gasteiger partial charge in [-0.05, 0) is 47.5 Å². The smallest absolute Gasteiger partial charge is 0.225 e. The maximum absolute atomic E-state index is 12.8. The third-order valence-electron chi connectivity index (χ3n) is 4.89. The van der Waals surface area contributed by atoms with Crippen molar-refractivity contribution in [2.45, 2.75) is 32.9 Å². The van der Waals surface area contributed by atoms with Gasteiger partial charge in [-0.1, -0.05) is 31.1 Å². The zero-order valence-corrected chi connectivity index (χ0v) is 17.4. The number of ether oxygens (including phenoxy) is 2. The maximum atomic E-state index is 12.8. The molecule has 2 aromatic rings. The largest absolute Gasteiger partial charge is 0.497 e. The second kappa shape index (κ2) is 9.45. The van der Waals surface area contributed by atoms with Gasteiger partial charge in [0.05, 0.1) is 26.5 Å². The Balaban J connectivity index is 1.67. The first-order valence-electron chi connectivity index (χ1n) is 9.79. The molecular weight excluding hydrogens is 368 g/mol. The Labute approximate surface area is 172 Å². The molecule has 1 heterocycles. The third kappa shape index (κ3) is 5.28. The van der Waals surface area contributed by atoms with Gasteiger partial charge in [0.1, 0.15) is 11.5 Å². The molecule has 1 aliphatic heterocycles. The van der Waals surface area contributed by atoms with Crippen LogP contribution in [0.25, 0.3) is 0 Å². The Morgan fingerprint density at radius 2 is 1.86 bits per heavy atom. The SMILES string of the molecule is COc1ccc(C2=NO[C@@H](CN(Cc3cccc(OC)c3)C(=O)C(C)C)C2)cc1. The van der Waals surface area contributed by atoms with E-state index in [1.54, 1.807) is 14.2 Å². The highest BCUT2D eigenvalue weighted by Gasteiger charge is 2.28. The molecule has 154 valence electrons. The van der Waals surface area contributed by atoms with Crippen LogP contribution in [0.1, 0.15) is 31.4 Å². The topological polar surface area (TPSA) is 60.4 Å². The highest BCUT2D eigenvalue weighted by Crippen LogP contribution is 2.22. The van der Waals surface area contributed by atoms with Gasteiger partial charge in [0.15, 0.2) is 6.10 Å². The lowest BCUT2D eigenvalue weighted by atomic mass is 10.0. The lowest BCUT2D eigenvalue weighted by Gasteiger charge is -2.26. The summed E-state index contributed by atoms with van der Waals surface area (Å²) >= 11 is 0. The third-order valence-corrected chi connectivity index (χ3v) is 4.89. The molecular formula is C23H28N2O4. The minimum absolute atomic E-state index is 0.0920. The van der Waals surface area contributed by atoms with E-state index in [1.807, 2.05) is 67.3 Å². The number of hydrogen-bond donors (Lipinski definition) is 0. The van der Waals surface area contributed by atoms with Crippen LogP contribution in [0.3, 0.4) is 0 Å². The molecule has 6 heteroatoms. The lowest BCUT2D eigenvalue weighted by Crippen LogP contribution is -2.39. The van der Waals surface area contributed by atoms with E-state index in [1.165, 1.54) is 0 Å². The maximum Gasteiger partial charge on any atom is 0.225 e. The van der Waals surface area contributed by atoms with E-state index in [0.29, 0.717) is 19.5 Å². The van der Waals surface area contributed by atoms with E-state index >= 15 is 0 Å². The molecule has 0 N–H and O–H groups in total. The van der Waals surface area contributed by atoms with Crippen LogP contribution < -0.4 is 9.47 Å². The van der Waals surface area contributed by atoms with Crippen LogP contribution in [-0.4, -0.2) is 43.4 Å². The molecule has 0 saturated carbocycles. The van der Waals surface area contributed by atoms with Crippen molar-refractivity contribution >= 4 is 11.6 Å². The Morgan fingerprint density at radius 3 is 2.52 bits per heavy atom. The molecule has 0 spiro atoms. The van der Waals surface area contributed by atoms with E-state index in [4.69, 9.17) is 14.3 Å². The van der Waals surface area contributed by atoms with Crippen LogP contribution in [0.5, 0.6) is 11.5 Å². The molecule has 0 aliphatic carbocycles. The van der Waals surface area contributed by atoms with Crippen LogP contribution in [0.15, 0.2) is 53.7 Å². The van der Waals surface area contributed by atoms with Crippen molar-refractivity contribution in [3.8, 4) is 11.5 Å². The number of oxime groups is 1. The van der Waals surface area contributed by atoms with Crippen molar-refractivity contribution in [2.75, 3.05) is 20.8 Å². The molecule has 3 rings (SSSR count). The average molecular weight is 396 g/mol. The summed E-state index contributed by atoms with van der Waals surface area (Å²) in [5.74, 6) is 1.58. The number of methoxy groups -OCH3 is 2. The van der Waals surface area contributed by atoms with Gasteiger partial charge >= 0.3 is 0 Å². The van der Waals surface area contributed by atoms with Gasteiger partial charge < -0.3 is 19.2 Å². The molecule has 6 nitrogen and oxygen atoms in total. The molecule has 0 fully saturated rings. The Morgan fingerprint density at radius 1 is 1.14 bits per heavy atom. The number of carbonyl (C=O) groups is 1. The van der Waals surface area contributed by atoms with Gasteiger partial charge in [-0.3, -0.25) is 4.79 Å². The number of rotatable bonds is 8. The Hall–Kier alpha value is -3.02. The zero-order chi connectivity index (χ0) is 20.8. The Bertz CT molecular complexity index is 861. The average Bonchev–Trinajstić information content (AvgIpc) is 3.21. The van der Waals surface area contributed by atoms with E-state index in [9.17, 15) is 4.79 Å². The first-order chi connectivity index (χ1) is 14.0. The van der Waals surface area contributed by atoms with Crippen molar-refractivity contribution in [1.29, 1.82) is 0 Å². The lowest BCUT2D eigenvalue weighted by molar-refractivity contribution is -0.136. The summed E-state index contributed by atoms with van der Waals surface area (Å²) in [4.78, 5) is 20.3. The molecule has 1 amide bonds. The number of hydrogen-bond acceptors (Lipinski definition) is 5. The van der Waals surface area contributed by atoms with Gasteiger partial charge in [0.25, 0.3) is 0 Å². The first-order valence-corrected chi connectivity index (χ1v) is 9.79. The van der Waals surface area contributed by atoms with Crippen LogP contribution in [0, 0.1) is 5.92 Å². The molecule has 2 aromatic carbocycles. The van der Waals surface area contributed by atoms with Gasteiger partial charge in [-0.15, -0.1) is 0 Å². The van der Waals surface area contributed by atoms with Gasteiger partial charge in [-0.25, -0.2) is 0 Å². The van der Waals surface area contributed by atoms with Gasteiger partial charge in [-0.2, -0.15) is 0 Å². The summed E-state index contributed by atoms with van der Waals surface area (Å²) in [6.07, 6.45) is 0.493. The predicted octanol–water partition coefficient (Wildman–Crippen LogP) is 3.88. The van der Waals surface area contributed by atoms with E-state index < -0.39 is 0 Å². The Kier molecular flexibility index (Phi) is 6.75. The zero-order valence-electron chi connectivity index (χ0n) is 17.4. The van der Waals surface area contributed by atoms with Gasteiger partial charge in [0, 0.05) is 18.9 Å². The summed E-state index contributed by atoms with van der Waals surface area (Å²) in [5, 5.41) is 4.25. The molecule has 1 atom stereocenters. The van der Waals surface area contributed by atoms with Crippen LogP contribution in [0.2, 0.25) is 0 Å². The van der Waals surface area contributed by atoms with Crippen molar-refractivity contribution in [1.82, 2.24) is 4.90 Å². The van der Waals surface area contributed by atoms with Crippen LogP contribution in [-0.2, 0) is 16.2 Å². The number of amides is 1. The second-order valence-corrected chi connectivity index (χ2v) is 7.42. The van der Waals surface area contributed by atoms with Crippen molar-refractivity contribution in [3.05, 3.63) is 59.7 Å². The summed E-state index contributed by atoms with van der Waals surface area (Å²) in [7, 11) is 3.28.